The van der Waals surface area contributed by atoms with Crippen molar-refractivity contribution >= 4 is 49.1 Å². The Morgan fingerprint density at radius 3 is 2.59 bits per heavy atom. The monoisotopic (exact) mass is 548 g/mol. The average Bonchev–Trinajstić information content (AvgIpc) is 3.32. The van der Waals surface area contributed by atoms with Gasteiger partial charge in [-0.15, -0.1) is 10.2 Å². The van der Waals surface area contributed by atoms with Crippen LogP contribution < -0.4 is 9.62 Å². The predicted octanol–water partition coefficient (Wildman–Crippen LogP) is 3.64. The maximum atomic E-state index is 13.8. The Kier molecular flexibility index (Phi) is 5.58. The van der Waals surface area contributed by atoms with Gasteiger partial charge in [-0.2, -0.15) is 9.98 Å². The van der Waals surface area contributed by atoms with Crippen LogP contribution in [-0.2, 0) is 10.0 Å². The van der Waals surface area contributed by atoms with Gasteiger partial charge in [-0.05, 0) is 37.8 Å². The summed E-state index contributed by atoms with van der Waals surface area (Å²) in [5.74, 6) is 0.536. The normalized spacial score (nSPS) is 18.1. The molecule has 0 amide bonds. The van der Waals surface area contributed by atoms with Crippen LogP contribution in [-0.4, -0.2) is 58.0 Å². The van der Waals surface area contributed by atoms with E-state index in [-0.39, 0.29) is 10.0 Å². The smallest absolute Gasteiger partial charge is 0.291 e. The van der Waals surface area contributed by atoms with Crippen molar-refractivity contribution < 1.29 is 21.6 Å². The number of nitrogens with one attached hydrogen (secondary N) is 1. The second kappa shape index (κ2) is 8.61. The largest absolute Gasteiger partial charge is 0.356 e. The Hall–Kier alpha value is -3.35. The Morgan fingerprint density at radius 1 is 1.19 bits per heavy atom. The third-order valence-corrected chi connectivity index (χ3v) is 9.08. The van der Waals surface area contributed by atoms with Gasteiger partial charge in [-0.25, -0.2) is 31.6 Å². The van der Waals surface area contributed by atoms with Crippen molar-refractivity contribution in [2.24, 2.45) is 0 Å². The number of halogens is 3. The first-order valence-corrected chi connectivity index (χ1v) is 13.8. The summed E-state index contributed by atoms with van der Waals surface area (Å²) in [5.41, 5.74) is -0.441. The van der Waals surface area contributed by atoms with E-state index in [2.05, 4.69) is 24.9 Å². The summed E-state index contributed by atoms with van der Waals surface area (Å²) >= 11 is 0.666. The molecule has 15 heteroatoms. The highest BCUT2D eigenvalue weighted by atomic mass is 32.2. The fourth-order valence-corrected chi connectivity index (χ4v) is 6.65. The molecule has 1 saturated carbocycles. The molecule has 10 nitrogen and oxygen atoms in total. The summed E-state index contributed by atoms with van der Waals surface area (Å²) in [5, 5.41) is 17.6. The van der Waals surface area contributed by atoms with Crippen LogP contribution >= 0.6 is 11.3 Å². The summed E-state index contributed by atoms with van der Waals surface area (Å²) in [4.78, 5) is 10.7. The number of hydrogen-bond acceptors (Lipinski definition) is 9. The molecule has 192 valence electrons. The molecular weight excluding hydrogens is 529 g/mol. The second-order valence-corrected chi connectivity index (χ2v) is 11.8. The van der Waals surface area contributed by atoms with E-state index in [1.165, 1.54) is 23.0 Å². The molecule has 3 aromatic heterocycles. The minimum Gasteiger partial charge on any atom is -0.356 e. The highest BCUT2D eigenvalue weighted by Gasteiger charge is 2.47. The minimum atomic E-state index is -4.07. The molecule has 4 heterocycles. The number of aromatic nitrogens is 5. The molecule has 2 aliphatic rings. The van der Waals surface area contributed by atoms with Gasteiger partial charge in [0, 0.05) is 18.5 Å². The minimum absolute atomic E-state index is 0.0839. The van der Waals surface area contributed by atoms with E-state index in [0.29, 0.717) is 77.9 Å². The van der Waals surface area contributed by atoms with Crippen LogP contribution in [0.3, 0.4) is 0 Å². The maximum Gasteiger partial charge on any atom is 0.291 e. The first-order valence-electron chi connectivity index (χ1n) is 11.5. The summed E-state index contributed by atoms with van der Waals surface area (Å²) in [6.45, 7) is 0.863. The van der Waals surface area contributed by atoms with Crippen molar-refractivity contribution in [3.63, 3.8) is 0 Å². The van der Waals surface area contributed by atoms with E-state index in [9.17, 15) is 26.9 Å². The summed E-state index contributed by atoms with van der Waals surface area (Å²) < 4.78 is 70.7. The average molecular weight is 549 g/mol. The van der Waals surface area contributed by atoms with Crippen LogP contribution in [0.25, 0.3) is 27.1 Å². The van der Waals surface area contributed by atoms with Gasteiger partial charge in [0.2, 0.25) is 15.2 Å². The number of piperidine rings is 1. The fourth-order valence-electron chi connectivity index (χ4n) is 4.54. The third kappa shape index (κ3) is 4.09. The lowest BCUT2D eigenvalue weighted by Crippen LogP contribution is -2.35. The number of hydrogen-bond donors (Lipinski definition) is 1. The van der Waals surface area contributed by atoms with Crippen molar-refractivity contribution in [2.45, 2.75) is 48.7 Å². The van der Waals surface area contributed by atoms with Gasteiger partial charge >= 0.3 is 0 Å². The van der Waals surface area contributed by atoms with Crippen LogP contribution in [0.4, 0.5) is 19.0 Å². The highest BCUT2D eigenvalue weighted by Crippen LogP contribution is 2.40. The molecule has 1 aliphatic heterocycles. The SMILES string of the molecule is N#CC1(NS(=O)(=O)c2ccc3c4c(N5CCC(F)CC5)ncnc4n(-c4nnc(C(F)F)s4)c3c2)CC1. The van der Waals surface area contributed by atoms with Crippen molar-refractivity contribution in [3.8, 4) is 11.2 Å². The zero-order chi connectivity index (χ0) is 25.9. The first-order chi connectivity index (χ1) is 17.7. The molecular formula is C22H19F3N8O2S2. The maximum absolute atomic E-state index is 13.8. The molecule has 2 fully saturated rings. The van der Waals surface area contributed by atoms with Gasteiger partial charge in [0.1, 0.15) is 23.9 Å². The van der Waals surface area contributed by atoms with Crippen LogP contribution in [0.2, 0.25) is 0 Å². The highest BCUT2D eigenvalue weighted by molar-refractivity contribution is 7.89. The molecule has 1 N–H and O–H groups in total. The lowest BCUT2D eigenvalue weighted by molar-refractivity contribution is 0.150. The fraction of sp³-hybridized carbons (Fsp3) is 0.409. The lowest BCUT2D eigenvalue weighted by atomic mass is 10.1. The standard InChI is InChI=1S/C22H19F3N8O2S2/c23-12-3-7-32(8-4-12)18-16-14-2-1-13(37(34,35)31-22(10-26)5-6-22)9-15(14)33(19(16)28-11-27-18)21-30-29-20(36-21)17(24)25/h1-2,9,11-12,17,31H,3-8H2. The van der Waals surface area contributed by atoms with Crippen molar-refractivity contribution in [1.29, 1.82) is 5.26 Å². The van der Waals surface area contributed by atoms with Crippen LogP contribution in [0, 0.1) is 11.3 Å². The van der Waals surface area contributed by atoms with Gasteiger partial charge in [-0.1, -0.05) is 17.4 Å². The van der Waals surface area contributed by atoms with E-state index >= 15 is 0 Å². The van der Waals surface area contributed by atoms with Crippen molar-refractivity contribution in [2.75, 3.05) is 18.0 Å². The zero-order valence-electron chi connectivity index (χ0n) is 19.1. The number of fused-ring (bicyclic) bond motifs is 3. The van der Waals surface area contributed by atoms with Crippen LogP contribution in [0.5, 0.6) is 0 Å². The summed E-state index contributed by atoms with van der Waals surface area (Å²) in [7, 11) is -4.07. The van der Waals surface area contributed by atoms with Crippen LogP contribution in [0.1, 0.15) is 37.1 Å². The van der Waals surface area contributed by atoms with E-state index in [1.54, 1.807) is 6.07 Å². The number of sulfonamides is 1. The molecule has 1 aliphatic carbocycles. The molecule has 1 saturated heterocycles. The van der Waals surface area contributed by atoms with Crippen molar-refractivity contribution in [1.82, 2.24) is 29.5 Å². The van der Waals surface area contributed by atoms with Crippen LogP contribution in [0.15, 0.2) is 29.4 Å². The van der Waals surface area contributed by atoms with Gasteiger partial charge in [0.15, 0.2) is 10.7 Å². The molecule has 0 atom stereocenters. The van der Waals surface area contributed by atoms with E-state index in [1.807, 2.05) is 11.0 Å². The molecule has 4 aromatic rings. The number of rotatable bonds is 6. The molecule has 0 bridgehead atoms. The Labute approximate surface area is 212 Å². The lowest BCUT2D eigenvalue weighted by Gasteiger charge is -2.29. The Bertz CT molecular complexity index is 1670. The van der Waals surface area contributed by atoms with Gasteiger partial charge in [-0.3, -0.25) is 4.57 Å². The third-order valence-electron chi connectivity index (χ3n) is 6.63. The molecule has 6 rings (SSSR count). The Morgan fingerprint density at radius 2 is 1.95 bits per heavy atom. The Balaban J connectivity index is 1.58. The molecule has 0 radical (unpaired) electrons. The van der Waals surface area contributed by atoms with Gasteiger partial charge < -0.3 is 4.90 Å². The topological polar surface area (TPSA) is 130 Å². The summed E-state index contributed by atoms with van der Waals surface area (Å²) in [6.07, 6.45) is -0.881. The number of nitrogens with zero attached hydrogens (tertiary/aromatic N) is 7. The predicted molar refractivity (Wildman–Crippen MR) is 129 cm³/mol. The van der Waals surface area contributed by atoms with Crippen molar-refractivity contribution in [3.05, 3.63) is 29.5 Å². The molecule has 0 spiro atoms. The van der Waals surface area contributed by atoms with Gasteiger partial charge in [0.05, 0.1) is 21.9 Å². The van der Waals surface area contributed by atoms with Gasteiger partial charge in [0.25, 0.3) is 6.43 Å². The van der Waals surface area contributed by atoms with E-state index < -0.39 is 33.2 Å². The summed E-state index contributed by atoms with van der Waals surface area (Å²) in [6, 6.07) is 6.41. The number of nitriles is 1. The first kappa shape index (κ1) is 24.0. The van der Waals surface area contributed by atoms with E-state index in [4.69, 9.17) is 0 Å². The quantitative estimate of drug-likeness (QED) is 0.387. The zero-order valence-corrected chi connectivity index (χ0v) is 20.7. The number of anilines is 1. The molecule has 37 heavy (non-hydrogen) atoms. The molecule has 1 aromatic carbocycles. The molecule has 0 unspecified atom stereocenters. The second-order valence-electron chi connectivity index (χ2n) is 9.09. The number of alkyl halides is 3. The van der Waals surface area contributed by atoms with E-state index in [0.717, 1.165) is 0 Å². The number of benzene rings is 1.